The van der Waals surface area contributed by atoms with Gasteiger partial charge in [-0.15, -0.1) is 0 Å². The molecule has 1 saturated carbocycles. The lowest BCUT2D eigenvalue weighted by atomic mass is 9.94. The van der Waals surface area contributed by atoms with Crippen molar-refractivity contribution in [2.45, 2.75) is 62.8 Å². The number of sulfonamides is 1. The molecular weight excluding hydrogens is 573 g/mol. The maximum Gasteiger partial charge on any atom is 0.266 e. The summed E-state index contributed by atoms with van der Waals surface area (Å²) in [6.07, 6.45) is 10.9. The Labute approximate surface area is 251 Å². The zero-order valence-corrected chi connectivity index (χ0v) is 25.6. The van der Waals surface area contributed by atoms with E-state index in [2.05, 4.69) is 6.92 Å². The summed E-state index contributed by atoms with van der Waals surface area (Å²) in [6, 6.07) is 16.9. The average molecular weight is 607 g/mol. The van der Waals surface area contributed by atoms with Crippen LogP contribution in [0.25, 0.3) is 23.0 Å². The Morgan fingerprint density at radius 2 is 1.71 bits per heavy atom. The molecule has 10 heteroatoms. The number of thiocarbonyl (C=S) groups is 1. The Balaban J connectivity index is 1.38. The Hall–Kier alpha value is -2.79. The molecule has 3 aliphatic rings. The molecule has 0 spiro atoms. The van der Waals surface area contributed by atoms with Gasteiger partial charge in [-0.1, -0.05) is 80.5 Å². The summed E-state index contributed by atoms with van der Waals surface area (Å²) in [5, 5.41) is 4.89. The second-order valence-corrected chi connectivity index (χ2v) is 14.8. The molecule has 1 aromatic heterocycles. The van der Waals surface area contributed by atoms with Crippen LogP contribution < -0.4 is 0 Å². The molecule has 2 aliphatic heterocycles. The summed E-state index contributed by atoms with van der Waals surface area (Å²) >= 11 is 7.00. The highest BCUT2D eigenvalue weighted by Gasteiger charge is 2.38. The van der Waals surface area contributed by atoms with E-state index in [-0.39, 0.29) is 16.8 Å². The van der Waals surface area contributed by atoms with Crippen molar-refractivity contribution in [3.05, 3.63) is 71.3 Å². The minimum Gasteiger partial charge on any atom is -0.290 e. The van der Waals surface area contributed by atoms with E-state index >= 15 is 0 Å². The molecule has 0 bridgehead atoms. The Morgan fingerprint density at radius 1 is 0.976 bits per heavy atom. The van der Waals surface area contributed by atoms with Crippen molar-refractivity contribution < 1.29 is 13.2 Å². The van der Waals surface area contributed by atoms with Gasteiger partial charge in [0.2, 0.25) is 10.0 Å². The fraction of sp³-hybridized carbons (Fsp3) is 0.387. The van der Waals surface area contributed by atoms with E-state index in [1.807, 2.05) is 48.7 Å². The number of thioether (sulfide) groups is 1. The number of para-hydroxylation sites is 1. The largest absolute Gasteiger partial charge is 0.290 e. The number of piperidine rings is 1. The van der Waals surface area contributed by atoms with Gasteiger partial charge in [0.25, 0.3) is 5.91 Å². The van der Waals surface area contributed by atoms with Crippen LogP contribution in [0.1, 0.15) is 57.4 Å². The van der Waals surface area contributed by atoms with Gasteiger partial charge in [0.15, 0.2) is 0 Å². The minimum absolute atomic E-state index is 0.0547. The normalized spacial score (nSPS) is 20.8. The van der Waals surface area contributed by atoms with Crippen LogP contribution in [0.5, 0.6) is 0 Å². The third-order valence-corrected chi connectivity index (χ3v) is 11.5. The van der Waals surface area contributed by atoms with Crippen molar-refractivity contribution in [3.8, 4) is 16.9 Å². The monoisotopic (exact) mass is 606 g/mol. The van der Waals surface area contributed by atoms with Gasteiger partial charge in [-0.05, 0) is 61.9 Å². The molecule has 3 heterocycles. The topological polar surface area (TPSA) is 75.5 Å². The number of amides is 1. The van der Waals surface area contributed by atoms with Gasteiger partial charge in [-0.2, -0.15) is 9.40 Å². The molecule has 7 nitrogen and oxygen atoms in total. The molecule has 3 fully saturated rings. The molecule has 41 heavy (non-hydrogen) atoms. The number of aromatic nitrogens is 2. The molecule has 0 N–H and O–H groups in total. The fourth-order valence-electron chi connectivity index (χ4n) is 5.88. The summed E-state index contributed by atoms with van der Waals surface area (Å²) in [5.41, 5.74) is 2.90. The highest BCUT2D eigenvalue weighted by atomic mass is 32.2. The Morgan fingerprint density at radius 3 is 2.44 bits per heavy atom. The number of carbonyl (C=O) groups excluding carboxylic acids is 1. The first kappa shape index (κ1) is 28.3. The van der Waals surface area contributed by atoms with Crippen LogP contribution in [0.3, 0.4) is 0 Å². The first-order valence-corrected chi connectivity index (χ1v) is 17.0. The van der Waals surface area contributed by atoms with Crippen molar-refractivity contribution >= 4 is 50.3 Å². The van der Waals surface area contributed by atoms with Crippen LogP contribution in [-0.2, 0) is 14.8 Å². The van der Waals surface area contributed by atoms with E-state index < -0.39 is 10.0 Å². The average Bonchev–Trinajstić information content (AvgIpc) is 3.54. The summed E-state index contributed by atoms with van der Waals surface area (Å²) in [4.78, 5) is 16.2. The van der Waals surface area contributed by atoms with Crippen molar-refractivity contribution in [3.63, 3.8) is 0 Å². The smallest absolute Gasteiger partial charge is 0.266 e. The molecule has 214 valence electrons. The maximum absolute atomic E-state index is 13.6. The number of nitrogens with zero attached hydrogens (tertiary/aromatic N) is 4. The molecule has 2 saturated heterocycles. The second kappa shape index (κ2) is 11.8. The van der Waals surface area contributed by atoms with E-state index in [1.165, 1.54) is 18.2 Å². The lowest BCUT2D eigenvalue weighted by Gasteiger charge is -2.29. The SMILES string of the molecule is CC1CCN(S(=O)(=O)c2cccc(-c3nn(-c4ccccc4)cc3/C=C3\SC(=S)N(C4CCCCC4)C3=O)c2)CC1. The summed E-state index contributed by atoms with van der Waals surface area (Å²) < 4.78 is 31.1. The third-order valence-electron chi connectivity index (χ3n) is 8.30. The molecule has 0 radical (unpaired) electrons. The fourth-order valence-corrected chi connectivity index (χ4v) is 8.79. The van der Waals surface area contributed by atoms with Gasteiger partial charge >= 0.3 is 0 Å². The van der Waals surface area contributed by atoms with Crippen LogP contribution >= 0.6 is 24.0 Å². The van der Waals surface area contributed by atoms with Gasteiger partial charge < -0.3 is 0 Å². The van der Waals surface area contributed by atoms with Gasteiger partial charge in [-0.25, -0.2) is 13.1 Å². The van der Waals surface area contributed by atoms with Gasteiger partial charge in [0.1, 0.15) is 10.0 Å². The first-order valence-electron chi connectivity index (χ1n) is 14.3. The summed E-state index contributed by atoms with van der Waals surface area (Å²) in [7, 11) is -3.63. The first-order chi connectivity index (χ1) is 19.8. The van der Waals surface area contributed by atoms with Gasteiger partial charge in [0.05, 0.1) is 15.5 Å². The number of hydrogen-bond acceptors (Lipinski definition) is 6. The number of benzene rings is 2. The number of carbonyl (C=O) groups is 1. The second-order valence-electron chi connectivity index (χ2n) is 11.2. The van der Waals surface area contributed by atoms with Gasteiger partial charge in [0, 0.05) is 36.5 Å². The number of rotatable bonds is 6. The molecule has 0 unspecified atom stereocenters. The highest BCUT2D eigenvalue weighted by Crippen LogP contribution is 2.39. The molecule has 0 atom stereocenters. The predicted octanol–water partition coefficient (Wildman–Crippen LogP) is 6.49. The minimum atomic E-state index is -3.63. The summed E-state index contributed by atoms with van der Waals surface area (Å²) in [6.45, 7) is 3.23. The number of hydrogen-bond donors (Lipinski definition) is 0. The van der Waals surface area contributed by atoms with Crippen molar-refractivity contribution in [2.75, 3.05) is 13.1 Å². The standard InChI is InChI=1S/C31H34N4O3S3/c1-22-15-17-33(18-16-22)41(37,38)27-14-8-9-23(19-27)29-24(21-34(32-29)25-10-4-2-5-11-25)20-28-30(36)35(31(39)40-28)26-12-6-3-7-13-26/h2,4-5,8-11,14,19-22,26H,3,6-7,12-13,15-18H2,1H3/b28-20-. The van der Waals surface area contributed by atoms with Crippen molar-refractivity contribution in [2.24, 2.45) is 5.92 Å². The van der Waals surface area contributed by atoms with Gasteiger partial charge in [-0.3, -0.25) is 9.69 Å². The highest BCUT2D eigenvalue weighted by molar-refractivity contribution is 8.26. The lowest BCUT2D eigenvalue weighted by molar-refractivity contribution is -0.124. The van der Waals surface area contributed by atoms with E-state index in [0.717, 1.165) is 49.8 Å². The Kier molecular flexibility index (Phi) is 8.18. The quantitative estimate of drug-likeness (QED) is 0.236. The molecule has 2 aromatic carbocycles. The van der Waals surface area contributed by atoms with E-state index in [4.69, 9.17) is 17.3 Å². The van der Waals surface area contributed by atoms with E-state index in [9.17, 15) is 13.2 Å². The van der Waals surface area contributed by atoms with Crippen LogP contribution in [0.4, 0.5) is 0 Å². The zero-order valence-electron chi connectivity index (χ0n) is 23.1. The third kappa shape index (κ3) is 5.80. The molecule has 6 rings (SSSR count). The molecular formula is C31H34N4O3S3. The predicted molar refractivity (Wildman–Crippen MR) is 168 cm³/mol. The lowest BCUT2D eigenvalue weighted by Crippen LogP contribution is -2.39. The maximum atomic E-state index is 13.6. The van der Waals surface area contributed by atoms with Crippen molar-refractivity contribution in [1.29, 1.82) is 0 Å². The van der Waals surface area contributed by atoms with Crippen LogP contribution in [0.2, 0.25) is 0 Å². The van der Waals surface area contributed by atoms with E-state index in [1.54, 1.807) is 32.1 Å². The van der Waals surface area contributed by atoms with E-state index in [0.29, 0.717) is 39.5 Å². The van der Waals surface area contributed by atoms with Crippen LogP contribution in [0, 0.1) is 5.92 Å². The molecule has 3 aromatic rings. The molecule has 1 amide bonds. The zero-order chi connectivity index (χ0) is 28.6. The summed E-state index contributed by atoms with van der Waals surface area (Å²) in [5.74, 6) is 0.476. The van der Waals surface area contributed by atoms with Crippen LogP contribution in [-0.4, -0.2) is 56.8 Å². The molecule has 1 aliphatic carbocycles. The van der Waals surface area contributed by atoms with Crippen molar-refractivity contribution in [1.82, 2.24) is 19.0 Å². The van der Waals surface area contributed by atoms with Crippen LogP contribution in [0.15, 0.2) is 70.6 Å². The Bertz CT molecular complexity index is 1590.